The molecule has 2 heterocycles. The van der Waals surface area contributed by atoms with E-state index in [-0.39, 0.29) is 24.0 Å². The smallest absolute Gasteiger partial charge is 0.340 e. The zero-order valence-corrected chi connectivity index (χ0v) is 14.3. The summed E-state index contributed by atoms with van der Waals surface area (Å²) in [6.07, 6.45) is 6.19. The van der Waals surface area contributed by atoms with E-state index in [9.17, 15) is 14.9 Å². The first kappa shape index (κ1) is 17.7. The number of carbonyl (C=O) groups excluding carboxylic acids is 1. The van der Waals surface area contributed by atoms with Gasteiger partial charge in [-0.3, -0.25) is 10.1 Å². The Hall–Kier alpha value is -2.15. The molecule has 0 aliphatic carbocycles. The molecule has 25 heavy (non-hydrogen) atoms. The molecule has 0 saturated carbocycles. The molecular weight excluding hydrogens is 324 g/mol. The fourth-order valence-corrected chi connectivity index (χ4v) is 3.40. The van der Waals surface area contributed by atoms with Crippen molar-refractivity contribution in [3.63, 3.8) is 0 Å². The van der Waals surface area contributed by atoms with Gasteiger partial charge in [-0.05, 0) is 44.6 Å². The number of piperidine rings is 1. The van der Waals surface area contributed by atoms with Crippen molar-refractivity contribution in [1.29, 1.82) is 0 Å². The fourth-order valence-electron chi connectivity index (χ4n) is 3.40. The van der Waals surface area contributed by atoms with Crippen molar-refractivity contribution in [3.05, 3.63) is 33.9 Å². The molecule has 136 valence electrons. The van der Waals surface area contributed by atoms with Gasteiger partial charge >= 0.3 is 5.97 Å². The van der Waals surface area contributed by atoms with E-state index in [0.29, 0.717) is 6.61 Å². The number of nitro benzene ring substituents is 1. The van der Waals surface area contributed by atoms with E-state index >= 15 is 0 Å². The maximum Gasteiger partial charge on any atom is 0.340 e. The number of hydrogen-bond donors (Lipinski definition) is 0. The lowest BCUT2D eigenvalue weighted by molar-refractivity contribution is -0.384. The number of nitrogens with zero attached hydrogens (tertiary/aromatic N) is 2. The topological polar surface area (TPSA) is 81.9 Å². The second-order valence-corrected chi connectivity index (χ2v) is 6.59. The molecule has 0 radical (unpaired) electrons. The first-order valence-electron chi connectivity index (χ1n) is 8.97. The SMILES string of the molecule is O=C(OCC1CCCCO1)c1cc([N+](=O)[O-])ccc1N1CCCCC1. The van der Waals surface area contributed by atoms with Gasteiger partial charge in [0.15, 0.2) is 0 Å². The molecule has 0 bridgehead atoms. The van der Waals surface area contributed by atoms with Crippen molar-refractivity contribution >= 4 is 17.3 Å². The van der Waals surface area contributed by atoms with Gasteiger partial charge in [-0.1, -0.05) is 0 Å². The molecule has 1 unspecified atom stereocenters. The van der Waals surface area contributed by atoms with Gasteiger partial charge in [0.25, 0.3) is 5.69 Å². The molecule has 1 aromatic rings. The minimum atomic E-state index is -0.515. The van der Waals surface area contributed by atoms with Crippen LogP contribution >= 0.6 is 0 Å². The van der Waals surface area contributed by atoms with Gasteiger partial charge in [0.1, 0.15) is 6.61 Å². The van der Waals surface area contributed by atoms with Crippen LogP contribution in [0.2, 0.25) is 0 Å². The molecular formula is C18H24N2O5. The fraction of sp³-hybridized carbons (Fsp3) is 0.611. The summed E-state index contributed by atoms with van der Waals surface area (Å²) in [5.41, 5.74) is 0.897. The summed E-state index contributed by atoms with van der Waals surface area (Å²) >= 11 is 0. The molecule has 2 saturated heterocycles. The summed E-state index contributed by atoms with van der Waals surface area (Å²) in [4.78, 5) is 25.3. The van der Waals surface area contributed by atoms with Gasteiger partial charge in [-0.25, -0.2) is 4.79 Å². The zero-order valence-electron chi connectivity index (χ0n) is 14.3. The quantitative estimate of drug-likeness (QED) is 0.461. The molecule has 3 rings (SSSR count). The Morgan fingerprint density at radius 1 is 1.24 bits per heavy atom. The first-order valence-corrected chi connectivity index (χ1v) is 8.97. The molecule has 0 aromatic heterocycles. The van der Waals surface area contributed by atoms with Gasteiger partial charge in [0.05, 0.1) is 22.3 Å². The summed E-state index contributed by atoms with van der Waals surface area (Å²) in [6.45, 7) is 2.59. The third-order valence-electron chi connectivity index (χ3n) is 4.78. The predicted octanol–water partition coefficient (Wildman–Crippen LogP) is 3.31. The Balaban J connectivity index is 1.76. The summed E-state index contributed by atoms with van der Waals surface area (Å²) in [5, 5.41) is 11.1. The number of esters is 1. The molecule has 2 aliphatic heterocycles. The van der Waals surface area contributed by atoms with Crippen LogP contribution < -0.4 is 4.90 Å². The number of benzene rings is 1. The summed E-state index contributed by atoms with van der Waals surface area (Å²) < 4.78 is 11.0. The minimum absolute atomic E-state index is 0.0742. The van der Waals surface area contributed by atoms with Crippen LogP contribution in [0.5, 0.6) is 0 Å². The normalized spacial score (nSPS) is 21.0. The van der Waals surface area contributed by atoms with Crippen molar-refractivity contribution in [3.8, 4) is 0 Å². The molecule has 0 spiro atoms. The van der Waals surface area contributed by atoms with Gasteiger partial charge in [-0.15, -0.1) is 0 Å². The molecule has 0 N–H and O–H groups in total. The second-order valence-electron chi connectivity index (χ2n) is 6.59. The molecule has 7 heteroatoms. The van der Waals surface area contributed by atoms with Crippen LogP contribution in [0.25, 0.3) is 0 Å². The second kappa shape index (κ2) is 8.29. The van der Waals surface area contributed by atoms with Gasteiger partial charge in [-0.2, -0.15) is 0 Å². The van der Waals surface area contributed by atoms with Crippen LogP contribution in [-0.4, -0.2) is 43.3 Å². The van der Waals surface area contributed by atoms with Gasteiger partial charge in [0.2, 0.25) is 0 Å². The van der Waals surface area contributed by atoms with E-state index in [1.54, 1.807) is 6.07 Å². The molecule has 1 aromatic carbocycles. The van der Waals surface area contributed by atoms with E-state index in [4.69, 9.17) is 9.47 Å². The minimum Gasteiger partial charge on any atom is -0.459 e. The average Bonchev–Trinajstić information content (AvgIpc) is 2.67. The Kier molecular flexibility index (Phi) is 5.86. The molecule has 0 amide bonds. The van der Waals surface area contributed by atoms with E-state index < -0.39 is 10.9 Å². The summed E-state index contributed by atoms with van der Waals surface area (Å²) in [7, 11) is 0. The van der Waals surface area contributed by atoms with Crippen molar-refractivity contribution < 1.29 is 19.2 Å². The van der Waals surface area contributed by atoms with Crippen LogP contribution in [-0.2, 0) is 9.47 Å². The lowest BCUT2D eigenvalue weighted by Crippen LogP contribution is -2.31. The highest BCUT2D eigenvalue weighted by Gasteiger charge is 2.24. The third-order valence-corrected chi connectivity index (χ3v) is 4.78. The highest BCUT2D eigenvalue weighted by Crippen LogP contribution is 2.29. The highest BCUT2D eigenvalue weighted by molar-refractivity contribution is 5.96. The van der Waals surface area contributed by atoms with Crippen LogP contribution in [0.15, 0.2) is 18.2 Å². The van der Waals surface area contributed by atoms with E-state index in [1.807, 2.05) is 0 Å². The molecule has 7 nitrogen and oxygen atoms in total. The molecule has 1 atom stereocenters. The number of ether oxygens (including phenoxy) is 2. The first-order chi connectivity index (χ1) is 12.1. The Bertz CT molecular complexity index is 622. The monoisotopic (exact) mass is 348 g/mol. The van der Waals surface area contributed by atoms with Crippen LogP contribution in [0.3, 0.4) is 0 Å². The predicted molar refractivity (Wildman–Crippen MR) is 93.0 cm³/mol. The highest BCUT2D eigenvalue weighted by atomic mass is 16.6. The summed E-state index contributed by atoms with van der Waals surface area (Å²) in [6, 6.07) is 4.44. The Labute approximate surface area is 147 Å². The van der Waals surface area contributed by atoms with E-state index in [2.05, 4.69) is 4.90 Å². The largest absolute Gasteiger partial charge is 0.459 e. The average molecular weight is 348 g/mol. The summed E-state index contributed by atoms with van der Waals surface area (Å²) in [5.74, 6) is -0.515. The maximum atomic E-state index is 12.6. The number of nitro groups is 1. The van der Waals surface area contributed by atoms with Crippen molar-refractivity contribution in [2.45, 2.75) is 44.6 Å². The van der Waals surface area contributed by atoms with Crippen LogP contribution in [0, 0.1) is 10.1 Å². The van der Waals surface area contributed by atoms with Crippen molar-refractivity contribution in [2.24, 2.45) is 0 Å². The number of anilines is 1. The standard InChI is InChI=1S/C18H24N2O5/c21-18(25-13-15-6-2-5-11-24-15)16-12-14(20(22)23)7-8-17(16)19-9-3-1-4-10-19/h7-8,12,15H,1-6,9-11,13H2. The van der Waals surface area contributed by atoms with Gasteiger partial charge < -0.3 is 14.4 Å². The van der Waals surface area contributed by atoms with Crippen LogP contribution in [0.1, 0.15) is 48.9 Å². The number of rotatable bonds is 5. The van der Waals surface area contributed by atoms with Crippen LogP contribution in [0.4, 0.5) is 11.4 Å². The zero-order chi connectivity index (χ0) is 17.6. The van der Waals surface area contributed by atoms with E-state index in [0.717, 1.165) is 50.9 Å². The molecule has 2 fully saturated rings. The maximum absolute atomic E-state index is 12.6. The lowest BCUT2D eigenvalue weighted by atomic mass is 10.1. The van der Waals surface area contributed by atoms with Crippen molar-refractivity contribution in [2.75, 3.05) is 31.2 Å². The third kappa shape index (κ3) is 4.48. The Morgan fingerprint density at radius 3 is 2.72 bits per heavy atom. The van der Waals surface area contributed by atoms with E-state index in [1.165, 1.54) is 18.6 Å². The number of non-ortho nitro benzene ring substituents is 1. The van der Waals surface area contributed by atoms with Crippen molar-refractivity contribution in [1.82, 2.24) is 0 Å². The lowest BCUT2D eigenvalue weighted by Gasteiger charge is -2.30. The Morgan fingerprint density at radius 2 is 2.04 bits per heavy atom. The van der Waals surface area contributed by atoms with Gasteiger partial charge in [0, 0.05) is 31.8 Å². The number of carbonyl (C=O) groups is 1. The molecule has 2 aliphatic rings. The number of hydrogen-bond acceptors (Lipinski definition) is 6.